The predicted octanol–water partition coefficient (Wildman–Crippen LogP) is 6.74. The van der Waals surface area contributed by atoms with Crippen LogP contribution in [0, 0.1) is 5.92 Å². The van der Waals surface area contributed by atoms with Gasteiger partial charge in [0.2, 0.25) is 0 Å². The molecule has 258 valence electrons. The smallest absolute Gasteiger partial charge is 0.188 e. The number of fused-ring (bicyclic) bond motifs is 1. The molecule has 3 saturated heterocycles. The van der Waals surface area contributed by atoms with Crippen molar-refractivity contribution in [2.75, 3.05) is 26.4 Å². The van der Waals surface area contributed by atoms with Crippen LogP contribution in [0.2, 0.25) is 18.1 Å². The standard InChI is InChI=1S/C35H60O9Si/c1-10-12-19-37-30-29-27(23-40-32(42-29)25-17-15-14-16-18-25)41-33(31(30)38-20-13-11-2)39-22-26(21-34(4,5)45(8,9)36)28-24(3)43-35(6,7)44-28/h14-18,24,26-33,36H,10-13,19-23H2,1-9H3/t24-,26+,27?,28-,29?,30?,31?,32?,33?/m1/s1. The highest BCUT2D eigenvalue weighted by Gasteiger charge is 2.53. The number of ether oxygens (including phenoxy) is 8. The number of rotatable bonds is 16. The summed E-state index contributed by atoms with van der Waals surface area (Å²) in [6, 6.07) is 9.98. The van der Waals surface area contributed by atoms with E-state index in [4.69, 9.17) is 37.9 Å². The lowest BCUT2D eigenvalue weighted by molar-refractivity contribution is -0.371. The fraction of sp³-hybridized carbons (Fsp3) is 0.829. The Hall–Kier alpha value is -0.923. The van der Waals surface area contributed by atoms with Crippen LogP contribution in [0.4, 0.5) is 0 Å². The zero-order valence-electron chi connectivity index (χ0n) is 29.2. The van der Waals surface area contributed by atoms with Gasteiger partial charge in [-0.05, 0) is 58.2 Å². The summed E-state index contributed by atoms with van der Waals surface area (Å²) in [5, 5.41) is -0.282. The normalized spacial score (nSPS) is 32.8. The molecule has 1 aromatic carbocycles. The molecule has 0 aliphatic carbocycles. The van der Waals surface area contributed by atoms with E-state index in [0.29, 0.717) is 26.4 Å². The summed E-state index contributed by atoms with van der Waals surface area (Å²) in [5.41, 5.74) is 0.960. The topological polar surface area (TPSA) is 94.1 Å². The molecule has 45 heavy (non-hydrogen) atoms. The van der Waals surface area contributed by atoms with Crippen LogP contribution in [0.5, 0.6) is 0 Å². The van der Waals surface area contributed by atoms with E-state index in [0.717, 1.165) is 37.7 Å². The Morgan fingerprint density at radius 2 is 1.60 bits per heavy atom. The van der Waals surface area contributed by atoms with E-state index in [1.54, 1.807) is 0 Å². The van der Waals surface area contributed by atoms with E-state index in [-0.39, 0.29) is 35.4 Å². The predicted molar refractivity (Wildman–Crippen MR) is 175 cm³/mol. The molecule has 4 rings (SSSR count). The van der Waals surface area contributed by atoms with Gasteiger partial charge in [0, 0.05) is 24.7 Å². The van der Waals surface area contributed by atoms with Crippen LogP contribution < -0.4 is 0 Å². The summed E-state index contributed by atoms with van der Waals surface area (Å²) in [7, 11) is -2.51. The summed E-state index contributed by atoms with van der Waals surface area (Å²) in [6.45, 7) is 20.4. The first-order valence-corrected chi connectivity index (χ1v) is 20.1. The van der Waals surface area contributed by atoms with Crippen molar-refractivity contribution < 1.29 is 42.7 Å². The molecule has 3 aliphatic rings. The van der Waals surface area contributed by atoms with Gasteiger partial charge in [0.05, 0.1) is 25.4 Å². The van der Waals surface area contributed by atoms with Gasteiger partial charge < -0.3 is 42.7 Å². The molecule has 3 heterocycles. The molecule has 0 radical (unpaired) electrons. The average molecular weight is 653 g/mol. The first-order valence-electron chi connectivity index (χ1n) is 17.2. The molecular formula is C35H60O9Si. The fourth-order valence-corrected chi connectivity index (χ4v) is 7.15. The van der Waals surface area contributed by atoms with E-state index < -0.39 is 38.9 Å². The van der Waals surface area contributed by atoms with Crippen molar-refractivity contribution >= 4 is 8.32 Å². The maximum absolute atomic E-state index is 11.2. The molecule has 0 amide bonds. The Bertz CT molecular complexity index is 1020. The van der Waals surface area contributed by atoms with Crippen LogP contribution >= 0.6 is 0 Å². The zero-order chi connectivity index (χ0) is 32.8. The third kappa shape index (κ3) is 9.59. The van der Waals surface area contributed by atoms with E-state index in [2.05, 4.69) is 34.6 Å². The Morgan fingerprint density at radius 3 is 2.18 bits per heavy atom. The average Bonchev–Trinajstić information content (AvgIpc) is 3.27. The van der Waals surface area contributed by atoms with Crippen LogP contribution in [0.25, 0.3) is 0 Å². The van der Waals surface area contributed by atoms with Crippen LogP contribution in [0.15, 0.2) is 30.3 Å². The van der Waals surface area contributed by atoms with Gasteiger partial charge in [0.25, 0.3) is 0 Å². The zero-order valence-corrected chi connectivity index (χ0v) is 30.2. The minimum atomic E-state index is -2.51. The SMILES string of the molecule is CCCCOC1C(OC[C@H](CC(C)(C)[Si](C)(C)O)[C@@H]2OC(C)(C)O[C@@H]2C)OC2COC(c3ccccc3)OC2C1OCCCC. The molecule has 3 aliphatic heterocycles. The second-order valence-corrected chi connectivity index (χ2v) is 19.1. The minimum Gasteiger partial charge on any atom is -0.432 e. The first-order chi connectivity index (χ1) is 21.3. The third-order valence-electron chi connectivity index (χ3n) is 9.69. The number of unbranched alkanes of at least 4 members (excludes halogenated alkanes) is 2. The summed E-state index contributed by atoms with van der Waals surface area (Å²) in [6.07, 6.45) is 1.45. The van der Waals surface area contributed by atoms with Crippen molar-refractivity contribution in [1.82, 2.24) is 0 Å². The first kappa shape index (κ1) is 36.9. The summed E-state index contributed by atoms with van der Waals surface area (Å²) < 4.78 is 51.9. The van der Waals surface area contributed by atoms with Crippen molar-refractivity contribution in [3.8, 4) is 0 Å². The molecule has 0 aromatic heterocycles. The highest BCUT2D eigenvalue weighted by Crippen LogP contribution is 2.45. The lowest BCUT2D eigenvalue weighted by atomic mass is 9.89. The van der Waals surface area contributed by atoms with E-state index in [1.807, 2.05) is 57.3 Å². The fourth-order valence-electron chi connectivity index (χ4n) is 6.39. The van der Waals surface area contributed by atoms with Gasteiger partial charge in [-0.15, -0.1) is 0 Å². The van der Waals surface area contributed by atoms with Crippen LogP contribution in [-0.2, 0) is 37.9 Å². The van der Waals surface area contributed by atoms with Gasteiger partial charge >= 0.3 is 0 Å². The van der Waals surface area contributed by atoms with Crippen LogP contribution in [-0.4, -0.2) is 88.2 Å². The molecule has 9 atom stereocenters. The van der Waals surface area contributed by atoms with E-state index in [9.17, 15) is 4.80 Å². The lowest BCUT2D eigenvalue weighted by Gasteiger charge is -2.49. The third-order valence-corrected chi connectivity index (χ3v) is 13.2. The van der Waals surface area contributed by atoms with Gasteiger partial charge in [-0.3, -0.25) is 0 Å². The summed E-state index contributed by atoms with van der Waals surface area (Å²) in [5.74, 6) is -0.738. The van der Waals surface area contributed by atoms with E-state index >= 15 is 0 Å². The quantitative estimate of drug-likeness (QED) is 0.154. The van der Waals surface area contributed by atoms with Crippen molar-refractivity contribution in [3.05, 3.63) is 35.9 Å². The highest BCUT2D eigenvalue weighted by atomic mass is 28.4. The minimum absolute atomic E-state index is 0.0471. The van der Waals surface area contributed by atoms with Gasteiger partial charge in [-0.2, -0.15) is 0 Å². The number of hydrogen-bond acceptors (Lipinski definition) is 9. The second kappa shape index (κ2) is 16.0. The maximum Gasteiger partial charge on any atom is 0.188 e. The molecule has 3 fully saturated rings. The Labute approximate surface area is 272 Å². The second-order valence-electron chi connectivity index (χ2n) is 14.6. The van der Waals surface area contributed by atoms with Crippen molar-refractivity contribution in [2.24, 2.45) is 5.92 Å². The van der Waals surface area contributed by atoms with Gasteiger partial charge in [0.15, 0.2) is 26.7 Å². The molecule has 1 aromatic rings. The lowest BCUT2D eigenvalue weighted by Crippen LogP contribution is -2.64. The van der Waals surface area contributed by atoms with Crippen LogP contribution in [0.1, 0.15) is 92.4 Å². The number of benzene rings is 1. The van der Waals surface area contributed by atoms with Gasteiger partial charge in [0.1, 0.15) is 24.4 Å². The molecule has 0 spiro atoms. The van der Waals surface area contributed by atoms with Crippen LogP contribution in [0.3, 0.4) is 0 Å². The van der Waals surface area contributed by atoms with Crippen molar-refractivity contribution in [1.29, 1.82) is 0 Å². The molecular weight excluding hydrogens is 592 g/mol. The summed E-state index contributed by atoms with van der Waals surface area (Å²) >= 11 is 0. The summed E-state index contributed by atoms with van der Waals surface area (Å²) in [4.78, 5) is 11.2. The van der Waals surface area contributed by atoms with Crippen molar-refractivity contribution in [2.45, 2.75) is 154 Å². The Kier molecular flexibility index (Phi) is 13.1. The molecule has 6 unspecified atom stereocenters. The largest absolute Gasteiger partial charge is 0.432 e. The molecule has 0 saturated carbocycles. The van der Waals surface area contributed by atoms with Crippen molar-refractivity contribution in [3.63, 3.8) is 0 Å². The van der Waals surface area contributed by atoms with Gasteiger partial charge in [-0.25, -0.2) is 0 Å². The molecule has 0 bridgehead atoms. The highest BCUT2D eigenvalue weighted by molar-refractivity contribution is 6.72. The monoisotopic (exact) mass is 652 g/mol. The Morgan fingerprint density at radius 1 is 0.956 bits per heavy atom. The maximum atomic E-state index is 11.2. The molecule has 10 heteroatoms. The molecule has 1 N–H and O–H groups in total. The molecule has 9 nitrogen and oxygen atoms in total. The number of hydrogen-bond donors (Lipinski definition) is 1. The van der Waals surface area contributed by atoms with E-state index in [1.165, 1.54) is 0 Å². The Balaban J connectivity index is 1.58. The van der Waals surface area contributed by atoms with Gasteiger partial charge in [-0.1, -0.05) is 70.9 Å².